The first-order valence-corrected chi connectivity index (χ1v) is 6.63. The second kappa shape index (κ2) is 4.82. The molecule has 3 rings (SSSR count). The Bertz CT molecular complexity index is 799. The Morgan fingerprint density at radius 3 is 2.90 bits per heavy atom. The van der Waals surface area contributed by atoms with E-state index in [1.54, 1.807) is 24.6 Å². The molecule has 0 aromatic carbocycles. The predicted molar refractivity (Wildman–Crippen MR) is 76.0 cm³/mol. The number of anilines is 2. The summed E-state index contributed by atoms with van der Waals surface area (Å²) in [7, 11) is 0. The second-order valence-corrected chi connectivity index (χ2v) is 4.96. The van der Waals surface area contributed by atoms with Gasteiger partial charge in [-0.3, -0.25) is 4.79 Å². The Hall–Kier alpha value is -2.61. The molecule has 7 nitrogen and oxygen atoms in total. The number of aryl methyl sites for hydroxylation is 1. The lowest BCUT2D eigenvalue weighted by atomic mass is 10.2. The first kappa shape index (κ1) is 12.4. The highest BCUT2D eigenvalue weighted by atomic mass is 32.1. The maximum absolute atomic E-state index is 11.1. The minimum Gasteiger partial charge on any atom is -0.364 e. The number of aromatic nitrogens is 4. The average Bonchev–Trinajstić information content (AvgIpc) is 2.85. The van der Waals surface area contributed by atoms with E-state index in [4.69, 9.17) is 5.73 Å². The monoisotopic (exact) mass is 286 g/mol. The lowest BCUT2D eigenvalue weighted by Gasteiger charge is -2.06. The van der Waals surface area contributed by atoms with Crippen LogP contribution in [0.3, 0.4) is 0 Å². The van der Waals surface area contributed by atoms with Gasteiger partial charge in [0, 0.05) is 0 Å². The van der Waals surface area contributed by atoms with E-state index < -0.39 is 5.91 Å². The molecule has 1 amide bonds. The molecule has 3 N–H and O–H groups in total. The van der Waals surface area contributed by atoms with E-state index in [0.717, 1.165) is 10.3 Å². The van der Waals surface area contributed by atoms with Crippen LogP contribution in [0.4, 0.5) is 11.6 Å². The second-order valence-electron chi connectivity index (χ2n) is 4.12. The fourth-order valence-corrected chi connectivity index (χ4v) is 2.40. The standard InChI is InChI=1S/C12H10N6OS/c1-6-4-9(17-18-10(6)11(13)19)15-8-3-2-7-12(16-8)20-5-14-7/h2-5H,1H3,(H2,13,19)(H,15,16,17). The molecule has 3 aromatic heterocycles. The van der Waals surface area contributed by atoms with Gasteiger partial charge in [0.25, 0.3) is 5.91 Å². The fraction of sp³-hybridized carbons (Fsp3) is 0.0833. The van der Waals surface area contributed by atoms with Crippen LogP contribution in [-0.4, -0.2) is 26.1 Å². The summed E-state index contributed by atoms with van der Waals surface area (Å²) in [6.45, 7) is 1.75. The molecular formula is C12H10N6OS. The molecule has 0 saturated carbocycles. The van der Waals surface area contributed by atoms with Crippen LogP contribution >= 0.6 is 11.3 Å². The molecule has 0 aliphatic rings. The van der Waals surface area contributed by atoms with Gasteiger partial charge in [0.05, 0.1) is 5.51 Å². The van der Waals surface area contributed by atoms with Crippen LogP contribution in [0.25, 0.3) is 10.3 Å². The highest BCUT2D eigenvalue weighted by Gasteiger charge is 2.09. The summed E-state index contributed by atoms with van der Waals surface area (Å²) in [5.41, 5.74) is 8.61. The van der Waals surface area contributed by atoms with E-state index >= 15 is 0 Å². The quantitative estimate of drug-likeness (QED) is 0.758. The molecule has 20 heavy (non-hydrogen) atoms. The third kappa shape index (κ3) is 2.28. The van der Waals surface area contributed by atoms with Crippen molar-refractivity contribution in [2.24, 2.45) is 5.73 Å². The number of fused-ring (bicyclic) bond motifs is 1. The summed E-state index contributed by atoms with van der Waals surface area (Å²) < 4.78 is 0. The van der Waals surface area contributed by atoms with Crippen LogP contribution in [0, 0.1) is 6.92 Å². The molecule has 0 atom stereocenters. The van der Waals surface area contributed by atoms with Gasteiger partial charge in [-0.25, -0.2) is 9.97 Å². The zero-order valence-electron chi connectivity index (χ0n) is 10.5. The number of primary amides is 1. The first-order valence-electron chi connectivity index (χ1n) is 5.75. The normalized spacial score (nSPS) is 10.7. The van der Waals surface area contributed by atoms with Gasteiger partial charge in [0.15, 0.2) is 11.5 Å². The number of hydrogen-bond donors (Lipinski definition) is 2. The molecule has 8 heteroatoms. The molecule has 0 aliphatic heterocycles. The highest BCUT2D eigenvalue weighted by molar-refractivity contribution is 7.16. The summed E-state index contributed by atoms with van der Waals surface area (Å²) >= 11 is 1.46. The molecule has 0 saturated heterocycles. The SMILES string of the molecule is Cc1cc(Nc2ccc3ncsc3n2)nnc1C(N)=O. The largest absolute Gasteiger partial charge is 0.364 e. The van der Waals surface area contributed by atoms with Crippen LogP contribution in [0.15, 0.2) is 23.7 Å². The van der Waals surface area contributed by atoms with Crippen molar-refractivity contribution in [3.8, 4) is 0 Å². The Balaban J connectivity index is 1.90. The van der Waals surface area contributed by atoms with Crippen molar-refractivity contribution < 1.29 is 4.79 Å². The number of rotatable bonds is 3. The first-order chi connectivity index (χ1) is 9.63. The zero-order chi connectivity index (χ0) is 14.1. The molecule has 3 aromatic rings. The Morgan fingerprint density at radius 2 is 2.15 bits per heavy atom. The third-order valence-electron chi connectivity index (χ3n) is 2.67. The van der Waals surface area contributed by atoms with Gasteiger partial charge in [-0.05, 0) is 30.7 Å². The van der Waals surface area contributed by atoms with Crippen LogP contribution in [0.1, 0.15) is 16.1 Å². The molecule has 0 radical (unpaired) electrons. The maximum Gasteiger partial charge on any atom is 0.269 e. The average molecular weight is 286 g/mol. The van der Waals surface area contributed by atoms with E-state index in [1.165, 1.54) is 11.3 Å². The van der Waals surface area contributed by atoms with Crippen LogP contribution < -0.4 is 11.1 Å². The zero-order valence-corrected chi connectivity index (χ0v) is 11.3. The lowest BCUT2D eigenvalue weighted by Crippen LogP contribution is -2.16. The molecule has 0 aliphatic carbocycles. The van der Waals surface area contributed by atoms with E-state index in [-0.39, 0.29) is 5.69 Å². The van der Waals surface area contributed by atoms with Crippen LogP contribution in [0.5, 0.6) is 0 Å². The van der Waals surface area contributed by atoms with Crippen molar-refractivity contribution in [3.63, 3.8) is 0 Å². The summed E-state index contributed by atoms with van der Waals surface area (Å²) in [6, 6.07) is 5.38. The number of hydrogen-bond acceptors (Lipinski definition) is 7. The smallest absolute Gasteiger partial charge is 0.269 e. The van der Waals surface area contributed by atoms with Gasteiger partial charge < -0.3 is 11.1 Å². The molecule has 0 fully saturated rings. The third-order valence-corrected chi connectivity index (χ3v) is 3.40. The maximum atomic E-state index is 11.1. The van der Waals surface area contributed by atoms with Gasteiger partial charge in [0.2, 0.25) is 0 Å². The Morgan fingerprint density at radius 1 is 1.30 bits per heavy atom. The van der Waals surface area contributed by atoms with Gasteiger partial charge in [-0.2, -0.15) is 0 Å². The summed E-state index contributed by atoms with van der Waals surface area (Å²) in [5, 5.41) is 10.7. The van der Waals surface area contributed by atoms with Crippen molar-refractivity contribution in [3.05, 3.63) is 35.0 Å². The van der Waals surface area contributed by atoms with Crippen molar-refractivity contribution in [1.29, 1.82) is 0 Å². The molecule has 3 heterocycles. The number of carbonyl (C=O) groups is 1. The minimum absolute atomic E-state index is 0.168. The van der Waals surface area contributed by atoms with Crippen LogP contribution in [0.2, 0.25) is 0 Å². The number of carbonyl (C=O) groups excluding carboxylic acids is 1. The van der Waals surface area contributed by atoms with Crippen molar-refractivity contribution in [1.82, 2.24) is 20.2 Å². The number of amides is 1. The van der Waals surface area contributed by atoms with E-state index in [1.807, 2.05) is 6.07 Å². The molecular weight excluding hydrogens is 276 g/mol. The van der Waals surface area contributed by atoms with E-state index in [2.05, 4.69) is 25.5 Å². The minimum atomic E-state index is -0.592. The van der Waals surface area contributed by atoms with Crippen molar-refractivity contribution >= 4 is 39.2 Å². The molecule has 0 unspecified atom stereocenters. The number of pyridine rings is 1. The number of nitrogens with one attached hydrogen (secondary N) is 1. The Kier molecular flexibility index (Phi) is 2.99. The molecule has 0 bridgehead atoms. The number of nitrogens with two attached hydrogens (primary N) is 1. The van der Waals surface area contributed by atoms with Gasteiger partial charge in [-0.1, -0.05) is 0 Å². The molecule has 0 spiro atoms. The number of thiazole rings is 1. The predicted octanol–water partition coefficient (Wildman–Crippen LogP) is 1.63. The summed E-state index contributed by atoms with van der Waals surface area (Å²) in [5.74, 6) is 0.553. The topological polar surface area (TPSA) is 107 Å². The van der Waals surface area contributed by atoms with Crippen molar-refractivity contribution in [2.45, 2.75) is 6.92 Å². The lowest BCUT2D eigenvalue weighted by molar-refractivity contribution is 0.0994. The number of nitrogens with zero attached hydrogens (tertiary/aromatic N) is 4. The summed E-state index contributed by atoms with van der Waals surface area (Å²) in [6.07, 6.45) is 0. The van der Waals surface area contributed by atoms with Crippen molar-refractivity contribution in [2.75, 3.05) is 5.32 Å². The fourth-order valence-electron chi connectivity index (χ4n) is 1.74. The Labute approximate surface area is 117 Å². The summed E-state index contributed by atoms with van der Waals surface area (Å²) in [4.78, 5) is 20.5. The highest BCUT2D eigenvalue weighted by Crippen LogP contribution is 2.20. The van der Waals surface area contributed by atoms with Gasteiger partial charge >= 0.3 is 0 Å². The van der Waals surface area contributed by atoms with E-state index in [0.29, 0.717) is 17.2 Å². The van der Waals surface area contributed by atoms with Gasteiger partial charge in [-0.15, -0.1) is 21.5 Å². The molecule has 100 valence electrons. The van der Waals surface area contributed by atoms with Gasteiger partial charge in [0.1, 0.15) is 16.2 Å². The van der Waals surface area contributed by atoms with E-state index in [9.17, 15) is 4.79 Å². The van der Waals surface area contributed by atoms with Crippen LogP contribution in [-0.2, 0) is 0 Å².